The van der Waals surface area contributed by atoms with Gasteiger partial charge in [0, 0.05) is 17.8 Å². The van der Waals surface area contributed by atoms with Crippen LogP contribution in [0.2, 0.25) is 0 Å². The molecule has 0 bridgehead atoms. The lowest BCUT2D eigenvalue weighted by Crippen LogP contribution is -2.45. The van der Waals surface area contributed by atoms with Crippen LogP contribution in [0.25, 0.3) is 0 Å². The van der Waals surface area contributed by atoms with Crippen LogP contribution in [0.5, 0.6) is 0 Å². The van der Waals surface area contributed by atoms with Crippen molar-refractivity contribution in [2.45, 2.75) is 58.1 Å². The Labute approximate surface area is 124 Å². The minimum absolute atomic E-state index is 0.268. The van der Waals surface area contributed by atoms with Gasteiger partial charge in [-0.1, -0.05) is 41.5 Å². The standard InChI is InChI=1S/C16H31NOS/c1-12(2)10-17-9-8-13(3)14(11-18-7)15(17)19-16(4,5)6/h11-13,15H,8-10H2,1-7H3/b14-11+. The van der Waals surface area contributed by atoms with Crippen molar-refractivity contribution in [1.82, 2.24) is 4.90 Å². The topological polar surface area (TPSA) is 12.5 Å². The highest BCUT2D eigenvalue weighted by Crippen LogP contribution is 2.40. The third-order valence-electron chi connectivity index (χ3n) is 3.35. The molecule has 1 heterocycles. The number of hydrogen-bond donors (Lipinski definition) is 0. The molecule has 0 N–H and O–H groups in total. The van der Waals surface area contributed by atoms with Crippen molar-refractivity contribution in [2.75, 3.05) is 20.2 Å². The van der Waals surface area contributed by atoms with Gasteiger partial charge in [0.2, 0.25) is 0 Å². The zero-order valence-electron chi connectivity index (χ0n) is 13.7. The minimum atomic E-state index is 0.268. The van der Waals surface area contributed by atoms with Crippen molar-refractivity contribution >= 4 is 11.8 Å². The number of nitrogens with zero attached hydrogens (tertiary/aromatic N) is 1. The number of ether oxygens (including phenoxy) is 1. The number of hydrogen-bond acceptors (Lipinski definition) is 3. The van der Waals surface area contributed by atoms with E-state index in [1.165, 1.54) is 25.1 Å². The average Bonchev–Trinajstić information content (AvgIpc) is 2.25. The molecule has 2 unspecified atom stereocenters. The summed E-state index contributed by atoms with van der Waals surface area (Å²) in [7, 11) is 1.76. The average molecular weight is 285 g/mol. The Morgan fingerprint density at radius 2 is 2.05 bits per heavy atom. The predicted molar refractivity (Wildman–Crippen MR) is 86.4 cm³/mol. The van der Waals surface area contributed by atoms with E-state index >= 15 is 0 Å². The first kappa shape index (κ1) is 16.9. The van der Waals surface area contributed by atoms with Crippen LogP contribution in [0.3, 0.4) is 0 Å². The highest BCUT2D eigenvalue weighted by molar-refractivity contribution is 8.01. The lowest BCUT2D eigenvalue weighted by atomic mass is 9.93. The Kier molecular flexibility index (Phi) is 6.25. The van der Waals surface area contributed by atoms with Crippen molar-refractivity contribution in [3.05, 3.63) is 11.8 Å². The maximum atomic E-state index is 5.35. The van der Waals surface area contributed by atoms with Gasteiger partial charge in [-0.15, -0.1) is 11.8 Å². The quantitative estimate of drug-likeness (QED) is 0.712. The summed E-state index contributed by atoms with van der Waals surface area (Å²) in [6.45, 7) is 16.2. The summed E-state index contributed by atoms with van der Waals surface area (Å²) >= 11 is 2.06. The van der Waals surface area contributed by atoms with Crippen molar-refractivity contribution in [1.29, 1.82) is 0 Å². The summed E-state index contributed by atoms with van der Waals surface area (Å²) in [4.78, 5) is 2.63. The van der Waals surface area contributed by atoms with Crippen molar-refractivity contribution in [3.63, 3.8) is 0 Å². The summed E-state index contributed by atoms with van der Waals surface area (Å²) in [5.74, 6) is 1.34. The molecule has 1 aliphatic rings. The van der Waals surface area contributed by atoms with E-state index in [4.69, 9.17) is 4.74 Å². The molecule has 0 aliphatic carbocycles. The lowest BCUT2D eigenvalue weighted by molar-refractivity contribution is 0.190. The second-order valence-corrected chi connectivity index (χ2v) is 8.92. The van der Waals surface area contributed by atoms with Gasteiger partial charge in [-0.3, -0.25) is 4.90 Å². The second-order valence-electron chi connectivity index (χ2n) is 7.01. The van der Waals surface area contributed by atoms with Gasteiger partial charge >= 0.3 is 0 Å². The van der Waals surface area contributed by atoms with Crippen molar-refractivity contribution in [3.8, 4) is 0 Å². The molecule has 1 rings (SSSR count). The second kappa shape index (κ2) is 7.03. The van der Waals surface area contributed by atoms with E-state index in [0.717, 1.165) is 0 Å². The van der Waals surface area contributed by atoms with Gasteiger partial charge in [-0.2, -0.15) is 0 Å². The van der Waals surface area contributed by atoms with Gasteiger partial charge in [0.15, 0.2) is 0 Å². The van der Waals surface area contributed by atoms with E-state index in [-0.39, 0.29) is 4.75 Å². The summed E-state index contributed by atoms with van der Waals surface area (Å²) in [5, 5.41) is 0.464. The Bertz CT molecular complexity index is 306. The first-order valence-electron chi connectivity index (χ1n) is 7.39. The van der Waals surface area contributed by atoms with Gasteiger partial charge < -0.3 is 4.74 Å². The first-order valence-corrected chi connectivity index (χ1v) is 8.27. The van der Waals surface area contributed by atoms with E-state index in [0.29, 0.717) is 17.2 Å². The van der Waals surface area contributed by atoms with E-state index in [1.807, 2.05) is 6.26 Å². The van der Waals surface area contributed by atoms with Crippen LogP contribution in [-0.4, -0.2) is 35.2 Å². The maximum absolute atomic E-state index is 5.35. The fourth-order valence-electron chi connectivity index (χ4n) is 2.54. The first-order chi connectivity index (χ1) is 8.74. The SMILES string of the molecule is CO/C=C1\C(C)CCN(CC(C)C)C1SC(C)(C)C. The molecule has 1 fully saturated rings. The summed E-state index contributed by atoms with van der Waals surface area (Å²) in [6, 6.07) is 0. The summed E-state index contributed by atoms with van der Waals surface area (Å²) in [5.41, 5.74) is 1.45. The molecule has 1 saturated heterocycles. The molecule has 19 heavy (non-hydrogen) atoms. The molecule has 0 aromatic heterocycles. The Balaban J connectivity index is 2.94. The van der Waals surface area contributed by atoms with Crippen LogP contribution in [0.15, 0.2) is 11.8 Å². The molecule has 2 atom stereocenters. The highest BCUT2D eigenvalue weighted by atomic mass is 32.2. The molecule has 0 aromatic rings. The van der Waals surface area contributed by atoms with Crippen molar-refractivity contribution in [2.24, 2.45) is 11.8 Å². The molecule has 0 radical (unpaired) electrons. The van der Waals surface area contributed by atoms with E-state index in [1.54, 1.807) is 7.11 Å². The minimum Gasteiger partial charge on any atom is -0.504 e. The zero-order chi connectivity index (χ0) is 14.6. The normalized spacial score (nSPS) is 28.1. The number of rotatable bonds is 4. The largest absolute Gasteiger partial charge is 0.504 e. The Morgan fingerprint density at radius 1 is 1.42 bits per heavy atom. The van der Waals surface area contributed by atoms with Crippen LogP contribution < -0.4 is 0 Å². The number of methoxy groups -OCH3 is 1. The van der Waals surface area contributed by atoms with Crippen molar-refractivity contribution < 1.29 is 4.74 Å². The van der Waals surface area contributed by atoms with Gasteiger partial charge in [-0.25, -0.2) is 0 Å². The van der Waals surface area contributed by atoms with Crippen LogP contribution in [0.1, 0.15) is 48.0 Å². The number of piperidine rings is 1. The third-order valence-corrected chi connectivity index (χ3v) is 4.85. The molecule has 3 heteroatoms. The molecular weight excluding hydrogens is 254 g/mol. The van der Waals surface area contributed by atoms with Crippen LogP contribution in [-0.2, 0) is 4.74 Å². The van der Waals surface area contributed by atoms with Crippen LogP contribution >= 0.6 is 11.8 Å². The van der Waals surface area contributed by atoms with Crippen LogP contribution in [0.4, 0.5) is 0 Å². The van der Waals surface area contributed by atoms with Gasteiger partial charge in [-0.05, 0) is 23.8 Å². The monoisotopic (exact) mass is 285 g/mol. The molecule has 0 aromatic carbocycles. The molecule has 2 nitrogen and oxygen atoms in total. The Morgan fingerprint density at radius 3 is 2.53 bits per heavy atom. The smallest absolute Gasteiger partial charge is 0.0843 e. The molecule has 0 saturated carbocycles. The van der Waals surface area contributed by atoms with Gasteiger partial charge in [0.1, 0.15) is 0 Å². The maximum Gasteiger partial charge on any atom is 0.0843 e. The summed E-state index contributed by atoms with van der Waals surface area (Å²) < 4.78 is 5.62. The predicted octanol–water partition coefficient (Wildman–Crippen LogP) is 4.37. The molecular formula is C16H31NOS. The van der Waals surface area contributed by atoms with E-state index < -0.39 is 0 Å². The molecule has 0 amide bonds. The van der Waals surface area contributed by atoms with E-state index in [2.05, 4.69) is 58.2 Å². The summed E-state index contributed by atoms with van der Waals surface area (Å²) in [6.07, 6.45) is 3.23. The lowest BCUT2D eigenvalue weighted by Gasteiger charge is -2.43. The highest BCUT2D eigenvalue weighted by Gasteiger charge is 2.34. The number of likely N-dealkylation sites (tertiary alicyclic amines) is 1. The van der Waals surface area contributed by atoms with Crippen LogP contribution in [0, 0.1) is 11.8 Å². The third kappa shape index (κ3) is 5.39. The molecule has 1 aliphatic heterocycles. The zero-order valence-corrected chi connectivity index (χ0v) is 14.5. The van der Waals surface area contributed by atoms with E-state index in [9.17, 15) is 0 Å². The molecule has 112 valence electrons. The van der Waals surface area contributed by atoms with Gasteiger partial charge in [0.25, 0.3) is 0 Å². The number of thioether (sulfide) groups is 1. The molecule has 0 spiro atoms. The van der Waals surface area contributed by atoms with Gasteiger partial charge in [0.05, 0.1) is 18.7 Å². The Hall–Kier alpha value is -0.150. The fraction of sp³-hybridized carbons (Fsp3) is 0.875. The fourth-order valence-corrected chi connectivity index (χ4v) is 3.98.